The average Bonchev–Trinajstić information content (AvgIpc) is 3.32. The number of rotatable bonds is 8. The molecular weight excluding hydrogens is 404 g/mol. The number of ether oxygens (including phenoxy) is 2. The summed E-state index contributed by atoms with van der Waals surface area (Å²) in [6, 6.07) is 13.3. The van der Waals surface area contributed by atoms with Crippen LogP contribution in [-0.2, 0) is 16.1 Å². The molecule has 0 aromatic heterocycles. The largest absolute Gasteiger partial charge is 0.493 e. The molecule has 0 aliphatic carbocycles. The first-order valence-corrected chi connectivity index (χ1v) is 10.7. The number of amides is 1. The molecule has 0 saturated carbocycles. The van der Waals surface area contributed by atoms with E-state index in [1.54, 1.807) is 25.2 Å². The first kappa shape index (κ1) is 23.2. The molecule has 3 N–H and O–H groups in total. The fourth-order valence-corrected chi connectivity index (χ4v) is 3.32. The monoisotopic (exact) mass is 434 g/mol. The van der Waals surface area contributed by atoms with Gasteiger partial charge in [-0.25, -0.2) is 0 Å². The van der Waals surface area contributed by atoms with E-state index in [0.717, 1.165) is 36.5 Å². The number of hydrogen-bond acceptors (Lipinski definition) is 4. The molecule has 1 heterocycles. The Kier molecular flexibility index (Phi) is 8.52. The molecule has 0 radical (unpaired) electrons. The van der Waals surface area contributed by atoms with Crippen LogP contribution in [0, 0.1) is 25.2 Å². The Morgan fingerprint density at radius 3 is 2.91 bits per heavy atom. The van der Waals surface area contributed by atoms with Crippen molar-refractivity contribution in [3.8, 4) is 18.1 Å². The molecule has 0 bridgehead atoms. The molecule has 1 amide bonds. The van der Waals surface area contributed by atoms with Crippen molar-refractivity contribution in [3.05, 3.63) is 59.2 Å². The Morgan fingerprint density at radius 1 is 1.28 bits per heavy atom. The van der Waals surface area contributed by atoms with Gasteiger partial charge in [0.05, 0.1) is 19.8 Å². The van der Waals surface area contributed by atoms with Crippen molar-refractivity contribution in [3.63, 3.8) is 0 Å². The molecule has 2 aromatic carbocycles. The summed E-state index contributed by atoms with van der Waals surface area (Å²) in [4.78, 5) is 16.5. The summed E-state index contributed by atoms with van der Waals surface area (Å²) in [5.74, 6) is 4.17. The van der Waals surface area contributed by atoms with E-state index in [4.69, 9.17) is 15.9 Å². The van der Waals surface area contributed by atoms with Gasteiger partial charge in [0.15, 0.2) is 5.96 Å². The van der Waals surface area contributed by atoms with Crippen molar-refractivity contribution >= 4 is 17.6 Å². The molecule has 32 heavy (non-hydrogen) atoms. The molecule has 1 fully saturated rings. The van der Waals surface area contributed by atoms with Crippen LogP contribution in [0.2, 0.25) is 0 Å². The number of nitrogens with zero attached hydrogens (tertiary/aromatic N) is 1. The van der Waals surface area contributed by atoms with E-state index >= 15 is 0 Å². The first-order chi connectivity index (χ1) is 15.6. The SMILES string of the molecule is C#Cc1cccc(NC(=O)CNC(=NC)NCc2ccc(C)cc2OCC2CCOC2)c1. The van der Waals surface area contributed by atoms with Gasteiger partial charge in [0.2, 0.25) is 5.91 Å². The van der Waals surface area contributed by atoms with Crippen LogP contribution in [0.3, 0.4) is 0 Å². The number of aryl methyl sites for hydroxylation is 1. The lowest BCUT2D eigenvalue weighted by atomic mass is 10.1. The average molecular weight is 435 g/mol. The fraction of sp³-hybridized carbons (Fsp3) is 0.360. The number of aliphatic imine (C=N–C) groups is 1. The molecule has 7 nitrogen and oxygen atoms in total. The van der Waals surface area contributed by atoms with E-state index < -0.39 is 0 Å². The van der Waals surface area contributed by atoms with Crippen LogP contribution in [0.5, 0.6) is 5.75 Å². The maximum absolute atomic E-state index is 12.3. The third-order valence-corrected chi connectivity index (χ3v) is 5.12. The van der Waals surface area contributed by atoms with Gasteiger partial charge in [-0.05, 0) is 43.2 Å². The molecule has 1 aliphatic rings. The van der Waals surface area contributed by atoms with Crippen LogP contribution >= 0.6 is 0 Å². The number of carbonyl (C=O) groups is 1. The van der Waals surface area contributed by atoms with Gasteiger partial charge in [0.25, 0.3) is 0 Å². The summed E-state index contributed by atoms with van der Waals surface area (Å²) in [5.41, 5.74) is 3.53. The standard InChI is InChI=1S/C25H30N4O3/c1-4-19-6-5-7-22(13-19)29-24(30)15-28-25(26-3)27-14-21-9-8-18(2)12-23(21)32-17-20-10-11-31-16-20/h1,5-9,12-13,20H,10-11,14-17H2,2-3H3,(H,29,30)(H2,26,27,28). The van der Waals surface area contributed by atoms with Crippen molar-refractivity contribution in [2.75, 3.05) is 38.7 Å². The number of carbonyl (C=O) groups excluding carboxylic acids is 1. The molecule has 2 aromatic rings. The fourth-order valence-electron chi connectivity index (χ4n) is 3.32. The van der Waals surface area contributed by atoms with Crippen LogP contribution in [0.1, 0.15) is 23.1 Å². The highest BCUT2D eigenvalue weighted by Gasteiger charge is 2.17. The van der Waals surface area contributed by atoms with Crippen molar-refractivity contribution in [2.24, 2.45) is 10.9 Å². The van der Waals surface area contributed by atoms with Crippen molar-refractivity contribution < 1.29 is 14.3 Å². The summed E-state index contributed by atoms with van der Waals surface area (Å²) in [7, 11) is 1.66. The Labute approximate surface area is 189 Å². The second-order valence-corrected chi connectivity index (χ2v) is 7.70. The van der Waals surface area contributed by atoms with Crippen molar-refractivity contribution in [1.29, 1.82) is 0 Å². The zero-order valence-electron chi connectivity index (χ0n) is 18.6. The predicted molar refractivity (Wildman–Crippen MR) is 127 cm³/mol. The molecule has 1 unspecified atom stereocenters. The number of terminal acetylenes is 1. The second kappa shape index (κ2) is 11.8. The lowest BCUT2D eigenvalue weighted by molar-refractivity contribution is -0.115. The molecule has 3 rings (SSSR count). The maximum Gasteiger partial charge on any atom is 0.243 e. The summed E-state index contributed by atoms with van der Waals surface area (Å²) >= 11 is 0. The summed E-state index contributed by atoms with van der Waals surface area (Å²) in [6.45, 7) is 4.83. The van der Waals surface area contributed by atoms with Gasteiger partial charge < -0.3 is 25.4 Å². The number of anilines is 1. The van der Waals surface area contributed by atoms with Gasteiger partial charge in [-0.15, -0.1) is 6.42 Å². The van der Waals surface area contributed by atoms with Crippen LogP contribution < -0.4 is 20.7 Å². The Balaban J connectivity index is 1.50. The smallest absolute Gasteiger partial charge is 0.243 e. The van der Waals surface area contributed by atoms with Crippen LogP contribution in [-0.4, -0.2) is 45.3 Å². The van der Waals surface area contributed by atoms with E-state index in [1.807, 2.05) is 25.1 Å². The van der Waals surface area contributed by atoms with Gasteiger partial charge >= 0.3 is 0 Å². The van der Waals surface area contributed by atoms with Crippen molar-refractivity contribution in [1.82, 2.24) is 10.6 Å². The molecule has 7 heteroatoms. The van der Waals surface area contributed by atoms with E-state index in [9.17, 15) is 4.79 Å². The van der Waals surface area contributed by atoms with Gasteiger partial charge in [-0.1, -0.05) is 24.1 Å². The highest BCUT2D eigenvalue weighted by Crippen LogP contribution is 2.22. The van der Waals surface area contributed by atoms with Crippen molar-refractivity contribution in [2.45, 2.75) is 19.9 Å². The third-order valence-electron chi connectivity index (χ3n) is 5.12. The number of nitrogens with one attached hydrogen (secondary N) is 3. The summed E-state index contributed by atoms with van der Waals surface area (Å²) in [5, 5.41) is 9.08. The zero-order valence-corrected chi connectivity index (χ0v) is 18.6. The molecule has 1 saturated heterocycles. The van der Waals surface area contributed by atoms with E-state index in [2.05, 4.69) is 32.9 Å². The van der Waals surface area contributed by atoms with Crippen LogP contribution in [0.4, 0.5) is 5.69 Å². The highest BCUT2D eigenvalue weighted by atomic mass is 16.5. The normalized spacial score (nSPS) is 15.7. The Morgan fingerprint density at radius 2 is 2.16 bits per heavy atom. The lowest BCUT2D eigenvalue weighted by Gasteiger charge is -2.17. The van der Waals surface area contributed by atoms with Gasteiger partial charge in [-0.3, -0.25) is 9.79 Å². The molecule has 168 valence electrons. The minimum absolute atomic E-state index is 0.0683. The zero-order chi connectivity index (χ0) is 22.8. The quantitative estimate of drug-likeness (QED) is 0.338. The first-order valence-electron chi connectivity index (χ1n) is 10.7. The summed E-state index contributed by atoms with van der Waals surface area (Å²) in [6.07, 6.45) is 6.44. The van der Waals surface area contributed by atoms with Gasteiger partial charge in [0, 0.05) is 42.9 Å². The minimum atomic E-state index is -0.194. The summed E-state index contributed by atoms with van der Waals surface area (Å²) < 4.78 is 11.5. The van der Waals surface area contributed by atoms with E-state index in [0.29, 0.717) is 36.3 Å². The van der Waals surface area contributed by atoms with Gasteiger partial charge in [-0.2, -0.15) is 0 Å². The lowest BCUT2D eigenvalue weighted by Crippen LogP contribution is -2.41. The van der Waals surface area contributed by atoms with Gasteiger partial charge in [0.1, 0.15) is 5.75 Å². The van der Waals surface area contributed by atoms with Crippen LogP contribution in [0.15, 0.2) is 47.5 Å². The highest BCUT2D eigenvalue weighted by molar-refractivity contribution is 5.95. The molecule has 1 aliphatic heterocycles. The minimum Gasteiger partial charge on any atom is -0.493 e. The molecule has 1 atom stereocenters. The second-order valence-electron chi connectivity index (χ2n) is 7.70. The maximum atomic E-state index is 12.3. The third kappa shape index (κ3) is 7.03. The number of hydrogen-bond donors (Lipinski definition) is 3. The number of benzene rings is 2. The Hall–Kier alpha value is -3.50. The predicted octanol–water partition coefficient (Wildman–Crippen LogP) is 2.70. The van der Waals surface area contributed by atoms with E-state index in [1.165, 1.54) is 0 Å². The Bertz CT molecular complexity index is 991. The molecular formula is C25H30N4O3. The molecule has 0 spiro atoms. The topological polar surface area (TPSA) is 84.0 Å². The van der Waals surface area contributed by atoms with E-state index in [-0.39, 0.29) is 12.5 Å². The number of guanidine groups is 1. The van der Waals surface area contributed by atoms with Crippen LogP contribution in [0.25, 0.3) is 0 Å².